The summed E-state index contributed by atoms with van der Waals surface area (Å²) in [6.45, 7) is 3.24. The average molecular weight is 286 g/mol. The van der Waals surface area contributed by atoms with E-state index in [4.69, 9.17) is 0 Å². The summed E-state index contributed by atoms with van der Waals surface area (Å²) in [6, 6.07) is 9.51. The summed E-state index contributed by atoms with van der Waals surface area (Å²) in [4.78, 5) is 5.52. The average Bonchev–Trinajstić information content (AvgIpc) is 2.93. The van der Waals surface area contributed by atoms with Crippen LogP contribution in [0.5, 0.6) is 0 Å². The highest BCUT2D eigenvalue weighted by Gasteiger charge is 2.20. The van der Waals surface area contributed by atoms with Crippen molar-refractivity contribution in [3.8, 4) is 0 Å². The Morgan fingerprint density at radius 3 is 2.65 bits per heavy atom. The van der Waals surface area contributed by atoms with Crippen LogP contribution in [0.4, 0.5) is 0 Å². The monoisotopic (exact) mass is 286 g/mol. The van der Waals surface area contributed by atoms with Gasteiger partial charge in [0.15, 0.2) is 0 Å². The van der Waals surface area contributed by atoms with Crippen molar-refractivity contribution in [2.45, 2.75) is 44.6 Å². The second kappa shape index (κ2) is 6.51. The fraction of sp³-hybridized carbons (Fsp3) is 0.471. The number of aromatic nitrogens is 1. The molecule has 2 nitrogen and oxygen atoms in total. The largest absolute Gasteiger partial charge is 0.306 e. The maximum absolute atomic E-state index is 4.22. The maximum Gasteiger partial charge on any atom is 0.0794 e. The number of benzene rings is 1. The normalized spacial score (nSPS) is 16.9. The number of thiazole rings is 1. The minimum Gasteiger partial charge on any atom is -0.306 e. The van der Waals surface area contributed by atoms with Crippen LogP contribution < -0.4 is 5.32 Å². The van der Waals surface area contributed by atoms with Crippen LogP contribution in [0.25, 0.3) is 0 Å². The van der Waals surface area contributed by atoms with Gasteiger partial charge in [-0.3, -0.25) is 4.98 Å². The van der Waals surface area contributed by atoms with Crippen LogP contribution in [0.2, 0.25) is 0 Å². The Hall–Kier alpha value is -1.19. The molecule has 1 N–H and O–H groups in total. The van der Waals surface area contributed by atoms with Gasteiger partial charge in [0.1, 0.15) is 0 Å². The molecule has 3 heteroatoms. The van der Waals surface area contributed by atoms with Crippen LogP contribution in [0.3, 0.4) is 0 Å². The van der Waals surface area contributed by atoms with E-state index in [1.54, 1.807) is 11.3 Å². The molecule has 1 aromatic carbocycles. The maximum atomic E-state index is 4.22. The Labute approximate surface area is 125 Å². The molecule has 106 valence electrons. The Balaban J connectivity index is 1.79. The van der Waals surface area contributed by atoms with E-state index in [1.807, 2.05) is 11.7 Å². The minimum absolute atomic E-state index is 0.290. The fourth-order valence-electron chi connectivity index (χ4n) is 2.74. The predicted octanol–water partition coefficient (Wildman–Crippen LogP) is 4.50. The molecule has 1 aromatic heterocycles. The van der Waals surface area contributed by atoms with E-state index in [0.29, 0.717) is 0 Å². The predicted molar refractivity (Wildman–Crippen MR) is 85.3 cm³/mol. The van der Waals surface area contributed by atoms with Crippen molar-refractivity contribution >= 4 is 11.3 Å². The van der Waals surface area contributed by atoms with E-state index >= 15 is 0 Å². The topological polar surface area (TPSA) is 24.9 Å². The SMILES string of the molecule is CCCNC(c1ccc(C2CCC2)cc1)c1cncs1. The van der Waals surface area contributed by atoms with Crippen LogP contribution >= 0.6 is 11.3 Å². The van der Waals surface area contributed by atoms with Crippen LogP contribution in [0.1, 0.15) is 60.6 Å². The first kappa shape index (κ1) is 13.8. The van der Waals surface area contributed by atoms with Crippen molar-refractivity contribution in [2.24, 2.45) is 0 Å². The molecule has 1 heterocycles. The molecule has 3 rings (SSSR count). The third-order valence-corrected chi connectivity index (χ3v) is 5.02. The standard InChI is InChI=1S/C17H22N2S/c1-2-10-19-17(16-11-18-12-20-16)15-8-6-14(7-9-15)13-4-3-5-13/h6-9,11-13,17,19H,2-5,10H2,1H3. The van der Waals surface area contributed by atoms with E-state index < -0.39 is 0 Å². The van der Waals surface area contributed by atoms with Gasteiger partial charge < -0.3 is 5.32 Å². The highest BCUT2D eigenvalue weighted by atomic mass is 32.1. The molecule has 0 spiro atoms. The molecule has 20 heavy (non-hydrogen) atoms. The first-order valence-corrected chi connectivity index (χ1v) is 8.48. The van der Waals surface area contributed by atoms with Gasteiger partial charge in [-0.1, -0.05) is 37.6 Å². The number of nitrogens with one attached hydrogen (secondary N) is 1. The van der Waals surface area contributed by atoms with E-state index in [-0.39, 0.29) is 6.04 Å². The van der Waals surface area contributed by atoms with E-state index in [9.17, 15) is 0 Å². The Kier molecular flexibility index (Phi) is 4.48. The molecule has 1 aliphatic rings. The van der Waals surface area contributed by atoms with Crippen molar-refractivity contribution in [3.05, 3.63) is 52.0 Å². The highest BCUT2D eigenvalue weighted by Crippen LogP contribution is 2.37. The molecule has 0 aliphatic heterocycles. The zero-order chi connectivity index (χ0) is 13.8. The third kappa shape index (κ3) is 2.94. The van der Waals surface area contributed by atoms with Gasteiger partial charge in [-0.15, -0.1) is 11.3 Å². The van der Waals surface area contributed by atoms with Gasteiger partial charge in [0, 0.05) is 11.1 Å². The molecule has 1 unspecified atom stereocenters. The van der Waals surface area contributed by atoms with Gasteiger partial charge in [-0.2, -0.15) is 0 Å². The van der Waals surface area contributed by atoms with E-state index in [1.165, 1.54) is 35.3 Å². The smallest absolute Gasteiger partial charge is 0.0794 e. The van der Waals surface area contributed by atoms with Crippen LogP contribution in [-0.4, -0.2) is 11.5 Å². The zero-order valence-corrected chi connectivity index (χ0v) is 12.8. The highest BCUT2D eigenvalue weighted by molar-refractivity contribution is 7.09. The van der Waals surface area contributed by atoms with Crippen molar-refractivity contribution in [2.75, 3.05) is 6.54 Å². The molecular weight excluding hydrogens is 264 g/mol. The Morgan fingerprint density at radius 2 is 2.10 bits per heavy atom. The summed E-state index contributed by atoms with van der Waals surface area (Å²) in [6.07, 6.45) is 7.26. The molecule has 1 saturated carbocycles. The van der Waals surface area contributed by atoms with Crippen LogP contribution in [0, 0.1) is 0 Å². The summed E-state index contributed by atoms with van der Waals surface area (Å²) in [5.74, 6) is 0.814. The number of nitrogens with zero attached hydrogens (tertiary/aromatic N) is 1. The lowest BCUT2D eigenvalue weighted by molar-refractivity contribution is 0.419. The van der Waals surface area contributed by atoms with Gasteiger partial charge in [0.05, 0.1) is 11.6 Å². The number of hydrogen-bond donors (Lipinski definition) is 1. The van der Waals surface area contributed by atoms with Crippen LogP contribution in [0.15, 0.2) is 36.0 Å². The van der Waals surface area contributed by atoms with Crippen molar-refractivity contribution < 1.29 is 0 Å². The second-order valence-electron chi connectivity index (χ2n) is 5.59. The number of hydrogen-bond acceptors (Lipinski definition) is 3. The van der Waals surface area contributed by atoms with Crippen LogP contribution in [-0.2, 0) is 0 Å². The molecule has 0 bridgehead atoms. The Bertz CT molecular complexity index is 514. The molecule has 1 atom stereocenters. The first-order chi connectivity index (χ1) is 9.88. The summed E-state index contributed by atoms with van der Waals surface area (Å²) < 4.78 is 0. The fourth-order valence-corrected chi connectivity index (χ4v) is 3.46. The second-order valence-corrected chi connectivity index (χ2v) is 6.50. The summed E-state index contributed by atoms with van der Waals surface area (Å²) in [5, 5.41) is 3.64. The minimum atomic E-state index is 0.290. The summed E-state index contributed by atoms with van der Waals surface area (Å²) in [7, 11) is 0. The quantitative estimate of drug-likeness (QED) is 0.845. The lowest BCUT2D eigenvalue weighted by Crippen LogP contribution is -2.22. The molecule has 1 fully saturated rings. The molecule has 2 aromatic rings. The van der Waals surface area contributed by atoms with Gasteiger partial charge in [0.2, 0.25) is 0 Å². The van der Waals surface area contributed by atoms with Gasteiger partial charge in [-0.25, -0.2) is 0 Å². The van der Waals surface area contributed by atoms with Crippen molar-refractivity contribution in [1.29, 1.82) is 0 Å². The molecule has 1 aliphatic carbocycles. The van der Waals surface area contributed by atoms with E-state index in [2.05, 4.69) is 41.5 Å². The van der Waals surface area contributed by atoms with Crippen molar-refractivity contribution in [1.82, 2.24) is 10.3 Å². The first-order valence-electron chi connectivity index (χ1n) is 7.60. The lowest BCUT2D eigenvalue weighted by atomic mass is 9.80. The van der Waals surface area contributed by atoms with Gasteiger partial charge in [0.25, 0.3) is 0 Å². The zero-order valence-electron chi connectivity index (χ0n) is 12.0. The molecule has 0 saturated heterocycles. The van der Waals surface area contributed by atoms with Gasteiger partial charge in [-0.05, 0) is 42.9 Å². The van der Waals surface area contributed by atoms with E-state index in [0.717, 1.165) is 18.9 Å². The number of rotatable bonds is 6. The summed E-state index contributed by atoms with van der Waals surface area (Å²) in [5.41, 5.74) is 4.78. The lowest BCUT2D eigenvalue weighted by Gasteiger charge is -2.26. The molecule has 0 radical (unpaired) electrons. The van der Waals surface area contributed by atoms with Crippen molar-refractivity contribution in [3.63, 3.8) is 0 Å². The Morgan fingerprint density at radius 1 is 1.30 bits per heavy atom. The van der Waals surface area contributed by atoms with Gasteiger partial charge >= 0.3 is 0 Å². The summed E-state index contributed by atoms with van der Waals surface area (Å²) >= 11 is 1.73. The molecule has 0 amide bonds. The third-order valence-electron chi connectivity index (χ3n) is 4.18. The molecular formula is C17H22N2S.